The monoisotopic (exact) mass is 306 g/mol. The number of aromatic nitrogens is 2. The van der Waals surface area contributed by atoms with E-state index in [1.54, 1.807) is 6.20 Å². The van der Waals surface area contributed by atoms with Crippen LogP contribution < -0.4 is 5.73 Å². The molecule has 1 aliphatic rings. The van der Waals surface area contributed by atoms with E-state index < -0.39 is 0 Å². The van der Waals surface area contributed by atoms with Crippen molar-refractivity contribution in [1.82, 2.24) is 9.97 Å². The van der Waals surface area contributed by atoms with Gasteiger partial charge in [0.1, 0.15) is 15.8 Å². The maximum absolute atomic E-state index is 9.29. The molecule has 5 heteroatoms. The smallest absolute Gasteiger partial charge is 0.130 e. The summed E-state index contributed by atoms with van der Waals surface area (Å²) >= 11 is 1.39. The predicted molar refractivity (Wildman–Crippen MR) is 88.6 cm³/mol. The van der Waals surface area contributed by atoms with Crippen molar-refractivity contribution in [2.24, 2.45) is 0 Å². The molecule has 108 valence electrons. The highest BCUT2D eigenvalue weighted by Gasteiger charge is 2.23. The van der Waals surface area contributed by atoms with E-state index in [2.05, 4.69) is 17.1 Å². The van der Waals surface area contributed by atoms with Crippen molar-refractivity contribution in [2.45, 2.75) is 25.7 Å². The fourth-order valence-corrected chi connectivity index (χ4v) is 4.14. The summed E-state index contributed by atoms with van der Waals surface area (Å²) in [6, 6.07) is 6.18. The third kappa shape index (κ3) is 1.88. The topological polar surface area (TPSA) is 75.6 Å². The van der Waals surface area contributed by atoms with Crippen molar-refractivity contribution < 1.29 is 0 Å². The summed E-state index contributed by atoms with van der Waals surface area (Å²) in [7, 11) is 0. The lowest BCUT2D eigenvalue weighted by molar-refractivity contribution is 0.673. The normalized spacial score (nSPS) is 13.8. The van der Waals surface area contributed by atoms with Crippen LogP contribution in [0, 0.1) is 11.3 Å². The van der Waals surface area contributed by atoms with Crippen LogP contribution in [0.15, 0.2) is 24.5 Å². The van der Waals surface area contributed by atoms with Crippen molar-refractivity contribution in [3.05, 3.63) is 40.7 Å². The number of aryl methyl sites for hydroxylation is 1. The summed E-state index contributed by atoms with van der Waals surface area (Å²) < 4.78 is 0. The molecule has 0 aliphatic heterocycles. The lowest BCUT2D eigenvalue weighted by Gasteiger charge is -2.19. The Labute approximate surface area is 132 Å². The van der Waals surface area contributed by atoms with Crippen LogP contribution in [-0.2, 0) is 12.8 Å². The molecule has 4 rings (SSSR count). The summed E-state index contributed by atoms with van der Waals surface area (Å²) in [5, 5.41) is 10.2. The Morgan fingerprint density at radius 1 is 1.27 bits per heavy atom. The summed E-state index contributed by atoms with van der Waals surface area (Å²) in [5.74, 6) is 0. The van der Waals surface area contributed by atoms with Crippen LogP contribution >= 0.6 is 11.3 Å². The van der Waals surface area contributed by atoms with Crippen LogP contribution in [-0.4, -0.2) is 9.97 Å². The third-order valence-electron chi connectivity index (χ3n) is 4.21. The molecule has 0 radical (unpaired) electrons. The quantitative estimate of drug-likeness (QED) is 0.744. The number of nitriles is 1. The Balaban J connectivity index is 2.15. The van der Waals surface area contributed by atoms with Gasteiger partial charge in [-0.25, -0.2) is 4.98 Å². The highest BCUT2D eigenvalue weighted by Crippen LogP contribution is 2.43. The molecule has 0 spiro atoms. The van der Waals surface area contributed by atoms with Gasteiger partial charge in [0, 0.05) is 34.6 Å². The van der Waals surface area contributed by atoms with Crippen LogP contribution in [0.2, 0.25) is 0 Å². The van der Waals surface area contributed by atoms with E-state index in [4.69, 9.17) is 10.7 Å². The van der Waals surface area contributed by atoms with Gasteiger partial charge in [-0.05, 0) is 37.3 Å². The zero-order valence-electron chi connectivity index (χ0n) is 12.0. The fourth-order valence-electron chi connectivity index (χ4n) is 3.22. The number of hydrogen-bond acceptors (Lipinski definition) is 5. The average molecular weight is 306 g/mol. The summed E-state index contributed by atoms with van der Waals surface area (Å²) in [4.78, 5) is 10.5. The van der Waals surface area contributed by atoms with Gasteiger partial charge in [0.15, 0.2) is 0 Å². The second-order valence-corrected chi connectivity index (χ2v) is 6.50. The Hall–Kier alpha value is -2.45. The molecule has 22 heavy (non-hydrogen) atoms. The number of nitrogens with two attached hydrogens (primary N) is 1. The molecule has 0 saturated heterocycles. The van der Waals surface area contributed by atoms with Crippen molar-refractivity contribution in [1.29, 1.82) is 5.26 Å². The van der Waals surface area contributed by atoms with Crippen LogP contribution in [0.3, 0.4) is 0 Å². The average Bonchev–Trinajstić information content (AvgIpc) is 2.89. The zero-order chi connectivity index (χ0) is 15.1. The number of fused-ring (bicyclic) bond motifs is 2. The predicted octanol–water partition coefficient (Wildman–Crippen LogP) is 3.69. The molecule has 0 aromatic carbocycles. The molecule has 0 fully saturated rings. The Morgan fingerprint density at radius 2 is 2.14 bits per heavy atom. The van der Waals surface area contributed by atoms with Crippen molar-refractivity contribution in [3.63, 3.8) is 0 Å². The second kappa shape index (κ2) is 5.08. The van der Waals surface area contributed by atoms with Crippen LogP contribution in [0.4, 0.5) is 5.69 Å². The molecule has 0 bridgehead atoms. The second-order valence-electron chi connectivity index (χ2n) is 5.50. The molecular weight excluding hydrogens is 292 g/mol. The summed E-state index contributed by atoms with van der Waals surface area (Å²) in [5.41, 5.74) is 11.4. The van der Waals surface area contributed by atoms with E-state index >= 15 is 0 Å². The lowest BCUT2D eigenvalue weighted by atomic mass is 9.88. The van der Waals surface area contributed by atoms with Gasteiger partial charge in [-0.3, -0.25) is 4.98 Å². The van der Waals surface area contributed by atoms with E-state index in [0.717, 1.165) is 39.9 Å². The first kappa shape index (κ1) is 13.2. The third-order valence-corrected chi connectivity index (χ3v) is 5.21. The molecule has 0 amide bonds. The lowest BCUT2D eigenvalue weighted by Crippen LogP contribution is -2.08. The number of rotatable bonds is 1. The maximum atomic E-state index is 9.29. The minimum absolute atomic E-state index is 0.551. The van der Waals surface area contributed by atoms with Gasteiger partial charge in [-0.1, -0.05) is 6.07 Å². The van der Waals surface area contributed by atoms with E-state index in [1.807, 2.05) is 12.3 Å². The number of nitrogens with zero attached hydrogens (tertiary/aromatic N) is 3. The van der Waals surface area contributed by atoms with E-state index in [1.165, 1.54) is 29.7 Å². The number of hydrogen-bond donors (Lipinski definition) is 1. The molecule has 3 aromatic rings. The molecule has 4 nitrogen and oxygen atoms in total. The number of anilines is 1. The Kier molecular flexibility index (Phi) is 3.05. The standard InChI is InChI=1S/C17H14N4S/c18-8-13-16(19)15-14(10-4-3-7-20-9-10)11-5-1-2-6-12(11)21-17(15)22-13/h3-4,7,9H,1-2,5-6,19H2. The van der Waals surface area contributed by atoms with Gasteiger partial charge in [0.2, 0.25) is 0 Å². The van der Waals surface area contributed by atoms with Crippen molar-refractivity contribution in [3.8, 4) is 17.2 Å². The minimum Gasteiger partial charge on any atom is -0.396 e. The first-order chi connectivity index (χ1) is 10.8. The maximum Gasteiger partial charge on any atom is 0.130 e. The van der Waals surface area contributed by atoms with Gasteiger partial charge >= 0.3 is 0 Å². The molecule has 3 heterocycles. The molecule has 2 N–H and O–H groups in total. The van der Waals surface area contributed by atoms with Crippen LogP contribution in [0.1, 0.15) is 29.0 Å². The Bertz CT molecular complexity index is 906. The van der Waals surface area contributed by atoms with Gasteiger partial charge in [0.05, 0.1) is 5.69 Å². The summed E-state index contributed by atoms with van der Waals surface area (Å²) in [6.45, 7) is 0. The number of nitrogen functional groups attached to an aromatic ring is 1. The zero-order valence-corrected chi connectivity index (χ0v) is 12.8. The van der Waals surface area contributed by atoms with Crippen LogP contribution in [0.25, 0.3) is 21.3 Å². The molecular formula is C17H14N4S. The first-order valence-electron chi connectivity index (χ1n) is 7.34. The first-order valence-corrected chi connectivity index (χ1v) is 8.15. The Morgan fingerprint density at radius 3 is 2.91 bits per heavy atom. The highest BCUT2D eigenvalue weighted by atomic mass is 32.1. The van der Waals surface area contributed by atoms with Crippen LogP contribution in [0.5, 0.6) is 0 Å². The largest absolute Gasteiger partial charge is 0.396 e. The molecule has 0 saturated carbocycles. The minimum atomic E-state index is 0.551. The van der Waals surface area contributed by atoms with E-state index in [0.29, 0.717) is 10.6 Å². The fraction of sp³-hybridized carbons (Fsp3) is 0.235. The molecule has 3 aromatic heterocycles. The van der Waals surface area contributed by atoms with E-state index in [-0.39, 0.29) is 0 Å². The summed E-state index contributed by atoms with van der Waals surface area (Å²) in [6.07, 6.45) is 7.99. The SMILES string of the molecule is N#Cc1sc2nc3c(c(-c4cccnc4)c2c1N)CCCC3. The molecule has 0 unspecified atom stereocenters. The van der Waals surface area contributed by atoms with E-state index in [9.17, 15) is 5.26 Å². The van der Waals surface area contributed by atoms with Gasteiger partial charge in [-0.15, -0.1) is 11.3 Å². The van der Waals surface area contributed by atoms with Gasteiger partial charge < -0.3 is 5.73 Å². The molecule has 0 atom stereocenters. The van der Waals surface area contributed by atoms with Gasteiger partial charge in [0.25, 0.3) is 0 Å². The number of thiophene rings is 1. The highest BCUT2D eigenvalue weighted by molar-refractivity contribution is 7.20. The number of pyridine rings is 2. The van der Waals surface area contributed by atoms with Gasteiger partial charge in [-0.2, -0.15) is 5.26 Å². The molecule has 1 aliphatic carbocycles. The van der Waals surface area contributed by atoms with Crippen molar-refractivity contribution in [2.75, 3.05) is 5.73 Å². The van der Waals surface area contributed by atoms with Crippen molar-refractivity contribution >= 4 is 27.2 Å².